The van der Waals surface area contributed by atoms with Gasteiger partial charge in [-0.15, -0.1) is 0 Å². The SMILES string of the molecule is C(=N[C@H]1CC2CCC1CC2)N1CCC(c2cnc[nH]2)CC1. The Labute approximate surface area is 127 Å². The van der Waals surface area contributed by atoms with Crippen molar-refractivity contribution in [3.8, 4) is 0 Å². The Morgan fingerprint density at radius 2 is 1.95 bits per heavy atom. The zero-order valence-corrected chi connectivity index (χ0v) is 12.7. The summed E-state index contributed by atoms with van der Waals surface area (Å²) in [6.07, 6.45) is 15.5. The Bertz CT molecular complexity index is 465. The predicted molar refractivity (Wildman–Crippen MR) is 84.5 cm³/mol. The first kappa shape index (κ1) is 13.4. The maximum absolute atomic E-state index is 4.96. The van der Waals surface area contributed by atoms with Crippen molar-refractivity contribution in [2.75, 3.05) is 13.1 Å². The van der Waals surface area contributed by atoms with E-state index in [1.807, 2.05) is 6.20 Å². The minimum absolute atomic E-state index is 0.628. The zero-order valence-electron chi connectivity index (χ0n) is 12.7. The molecule has 0 amide bonds. The van der Waals surface area contributed by atoms with Crippen molar-refractivity contribution >= 4 is 6.34 Å². The maximum atomic E-state index is 4.96. The number of likely N-dealkylation sites (tertiary alicyclic amines) is 1. The van der Waals surface area contributed by atoms with Crippen LogP contribution in [0, 0.1) is 11.8 Å². The first-order chi connectivity index (χ1) is 10.4. The lowest BCUT2D eigenvalue weighted by atomic mass is 9.68. The van der Waals surface area contributed by atoms with Crippen molar-refractivity contribution in [1.29, 1.82) is 0 Å². The molecule has 3 saturated carbocycles. The van der Waals surface area contributed by atoms with Crippen LogP contribution in [0.3, 0.4) is 0 Å². The number of nitrogens with one attached hydrogen (secondary N) is 1. The average molecular weight is 286 g/mol. The van der Waals surface area contributed by atoms with Crippen LogP contribution >= 0.6 is 0 Å². The van der Waals surface area contributed by atoms with E-state index in [0.717, 1.165) is 24.9 Å². The van der Waals surface area contributed by atoms with E-state index in [1.54, 1.807) is 6.33 Å². The van der Waals surface area contributed by atoms with Gasteiger partial charge >= 0.3 is 0 Å². The van der Waals surface area contributed by atoms with Crippen molar-refractivity contribution in [1.82, 2.24) is 14.9 Å². The molecule has 21 heavy (non-hydrogen) atoms. The number of fused-ring (bicyclic) bond motifs is 3. The molecule has 4 fully saturated rings. The van der Waals surface area contributed by atoms with Crippen LogP contribution < -0.4 is 0 Å². The first-order valence-corrected chi connectivity index (χ1v) is 8.64. The third-order valence-corrected chi connectivity index (χ3v) is 5.92. The van der Waals surface area contributed by atoms with Crippen LogP contribution in [-0.4, -0.2) is 40.3 Å². The minimum Gasteiger partial charge on any atom is -0.363 e. The second kappa shape index (κ2) is 5.82. The highest BCUT2D eigenvalue weighted by Crippen LogP contribution is 2.42. The largest absolute Gasteiger partial charge is 0.363 e. The summed E-state index contributed by atoms with van der Waals surface area (Å²) < 4.78 is 0. The highest BCUT2D eigenvalue weighted by atomic mass is 15.2. The molecule has 0 radical (unpaired) electrons. The molecule has 1 aromatic rings. The summed E-state index contributed by atoms with van der Waals surface area (Å²) in [6, 6.07) is 0.628. The second-order valence-electron chi connectivity index (χ2n) is 7.17. The molecule has 4 nitrogen and oxygen atoms in total. The van der Waals surface area contributed by atoms with Crippen molar-refractivity contribution in [2.24, 2.45) is 16.8 Å². The number of H-pyrrole nitrogens is 1. The van der Waals surface area contributed by atoms with Crippen molar-refractivity contribution < 1.29 is 0 Å². The molecule has 1 aliphatic heterocycles. The number of imidazole rings is 1. The molecular weight excluding hydrogens is 260 g/mol. The van der Waals surface area contributed by atoms with E-state index in [-0.39, 0.29) is 0 Å². The Kier molecular flexibility index (Phi) is 3.70. The molecule has 4 aliphatic rings. The molecule has 1 atom stereocenters. The van der Waals surface area contributed by atoms with Gasteiger partial charge in [-0.1, -0.05) is 12.8 Å². The molecule has 114 valence electrons. The molecule has 0 aromatic carbocycles. The summed E-state index contributed by atoms with van der Waals surface area (Å²) >= 11 is 0. The third-order valence-electron chi connectivity index (χ3n) is 5.92. The molecule has 4 heteroatoms. The molecule has 3 aliphatic carbocycles. The molecule has 1 saturated heterocycles. The smallest absolute Gasteiger partial charge is 0.0921 e. The number of hydrogen-bond donors (Lipinski definition) is 1. The topological polar surface area (TPSA) is 44.3 Å². The molecule has 1 aromatic heterocycles. The number of hydrogen-bond acceptors (Lipinski definition) is 2. The van der Waals surface area contributed by atoms with Gasteiger partial charge in [-0.3, -0.25) is 4.99 Å². The van der Waals surface area contributed by atoms with Gasteiger partial charge in [0.25, 0.3) is 0 Å². The van der Waals surface area contributed by atoms with E-state index in [2.05, 4.69) is 21.2 Å². The maximum Gasteiger partial charge on any atom is 0.0921 e. The van der Waals surface area contributed by atoms with Crippen LogP contribution in [0.5, 0.6) is 0 Å². The molecule has 5 rings (SSSR count). The molecule has 0 spiro atoms. The quantitative estimate of drug-likeness (QED) is 0.685. The van der Waals surface area contributed by atoms with Crippen LogP contribution in [0.25, 0.3) is 0 Å². The van der Waals surface area contributed by atoms with E-state index in [4.69, 9.17) is 4.99 Å². The van der Waals surface area contributed by atoms with Gasteiger partial charge in [0.15, 0.2) is 0 Å². The summed E-state index contributed by atoms with van der Waals surface area (Å²) in [5.41, 5.74) is 1.30. The van der Waals surface area contributed by atoms with E-state index >= 15 is 0 Å². The normalized spacial score (nSPS) is 33.9. The van der Waals surface area contributed by atoms with Crippen LogP contribution in [-0.2, 0) is 0 Å². The van der Waals surface area contributed by atoms with E-state index in [1.165, 1.54) is 50.6 Å². The Morgan fingerprint density at radius 1 is 1.14 bits per heavy atom. The second-order valence-corrected chi connectivity index (χ2v) is 7.17. The molecule has 1 N–H and O–H groups in total. The van der Waals surface area contributed by atoms with Crippen LogP contribution in [0.1, 0.15) is 56.6 Å². The first-order valence-electron chi connectivity index (χ1n) is 8.64. The summed E-state index contributed by atoms with van der Waals surface area (Å²) in [4.78, 5) is 14.8. The minimum atomic E-state index is 0.628. The molecular formula is C17H26N4. The summed E-state index contributed by atoms with van der Waals surface area (Å²) in [5, 5.41) is 0. The summed E-state index contributed by atoms with van der Waals surface area (Å²) in [5.74, 6) is 2.51. The third kappa shape index (κ3) is 2.85. The Balaban J connectivity index is 1.30. The van der Waals surface area contributed by atoms with Crippen molar-refractivity contribution in [2.45, 2.75) is 56.9 Å². The lowest BCUT2D eigenvalue weighted by Crippen LogP contribution is -2.36. The highest BCUT2D eigenvalue weighted by Gasteiger charge is 2.35. The van der Waals surface area contributed by atoms with Crippen molar-refractivity contribution in [3.05, 3.63) is 18.2 Å². The van der Waals surface area contributed by atoms with Gasteiger partial charge in [0.05, 0.1) is 18.7 Å². The van der Waals surface area contributed by atoms with E-state index in [9.17, 15) is 0 Å². The van der Waals surface area contributed by atoms with Crippen LogP contribution in [0.4, 0.5) is 0 Å². The monoisotopic (exact) mass is 286 g/mol. The zero-order chi connectivity index (χ0) is 14.1. The lowest BCUT2D eigenvalue weighted by Gasteiger charge is -2.40. The fourth-order valence-corrected chi connectivity index (χ4v) is 4.52. The van der Waals surface area contributed by atoms with Gasteiger partial charge in [0.2, 0.25) is 0 Å². The number of aromatic nitrogens is 2. The fourth-order valence-electron chi connectivity index (χ4n) is 4.52. The standard InChI is InChI=1S/C17H26N4/c1-3-14-4-2-13(1)9-16(14)20-12-21-7-5-15(6-8-21)17-10-18-11-19-17/h10-16H,1-9H2,(H,18,19)/t13?,14?,16-/m0/s1. The van der Waals surface area contributed by atoms with E-state index < -0.39 is 0 Å². The number of aliphatic imine (C=N–C) groups is 1. The number of nitrogens with zero attached hydrogens (tertiary/aromatic N) is 3. The Morgan fingerprint density at radius 3 is 2.57 bits per heavy atom. The van der Waals surface area contributed by atoms with E-state index in [0.29, 0.717) is 12.0 Å². The van der Waals surface area contributed by atoms with Crippen LogP contribution in [0.2, 0.25) is 0 Å². The van der Waals surface area contributed by atoms with Gasteiger partial charge in [-0.05, 0) is 43.9 Å². The van der Waals surface area contributed by atoms with Gasteiger partial charge in [0.1, 0.15) is 0 Å². The van der Waals surface area contributed by atoms with Gasteiger partial charge in [-0.2, -0.15) is 0 Å². The average Bonchev–Trinajstić information content (AvgIpc) is 3.09. The fraction of sp³-hybridized carbons (Fsp3) is 0.765. The van der Waals surface area contributed by atoms with Gasteiger partial charge < -0.3 is 9.88 Å². The molecule has 2 bridgehead atoms. The summed E-state index contributed by atoms with van der Waals surface area (Å²) in [7, 11) is 0. The highest BCUT2D eigenvalue weighted by molar-refractivity contribution is 5.55. The van der Waals surface area contributed by atoms with Crippen molar-refractivity contribution in [3.63, 3.8) is 0 Å². The van der Waals surface area contributed by atoms with Gasteiger partial charge in [0, 0.05) is 30.9 Å². The number of aromatic amines is 1. The molecule has 0 unspecified atom stereocenters. The Hall–Kier alpha value is -1.32. The lowest BCUT2D eigenvalue weighted by molar-refractivity contribution is 0.148. The summed E-state index contributed by atoms with van der Waals surface area (Å²) in [6.45, 7) is 2.27. The number of rotatable bonds is 3. The van der Waals surface area contributed by atoms with Crippen LogP contribution in [0.15, 0.2) is 17.5 Å². The predicted octanol–water partition coefficient (Wildman–Crippen LogP) is 3.20. The number of piperidine rings is 1. The van der Waals surface area contributed by atoms with Gasteiger partial charge in [-0.25, -0.2) is 4.98 Å². The molecule has 2 heterocycles.